The quantitative estimate of drug-likeness (QED) is 0.486. The van der Waals surface area contributed by atoms with Crippen LogP contribution >= 0.6 is 24.0 Å². The van der Waals surface area contributed by atoms with Gasteiger partial charge in [0.05, 0.1) is 20.3 Å². The Labute approximate surface area is 163 Å². The largest absolute Gasteiger partial charge is 0.497 e. The predicted octanol–water partition coefficient (Wildman–Crippen LogP) is 5.07. The van der Waals surface area contributed by atoms with Gasteiger partial charge >= 0.3 is 0 Å². The van der Waals surface area contributed by atoms with Crippen molar-refractivity contribution in [3.63, 3.8) is 0 Å². The van der Waals surface area contributed by atoms with Crippen LogP contribution in [-0.4, -0.2) is 30.5 Å². The maximum Gasteiger partial charge on any atom is 0.221 e. The number of Topliss-reactive ketones (excluding diaryl/α,β-unsaturated/α-hetero) is 1. The van der Waals surface area contributed by atoms with Gasteiger partial charge in [-0.2, -0.15) is 0 Å². The first-order chi connectivity index (χ1) is 12.4. The molecule has 6 heteroatoms. The minimum absolute atomic E-state index is 0.0393. The summed E-state index contributed by atoms with van der Waals surface area (Å²) in [6, 6.07) is 14.5. The second-order valence-corrected chi connectivity index (χ2v) is 7.49. The zero-order valence-corrected chi connectivity index (χ0v) is 16.9. The molecule has 138 valence electrons. The third-order valence-electron chi connectivity index (χ3n) is 3.58. The lowest BCUT2D eigenvalue weighted by Gasteiger charge is -2.18. The maximum absolute atomic E-state index is 13.1. The molecular formula is C20H22O4S2. The Hall–Kier alpha value is -2.05. The van der Waals surface area contributed by atoms with Gasteiger partial charge in [0.2, 0.25) is 4.38 Å². The topological polar surface area (TPSA) is 44.8 Å². The summed E-state index contributed by atoms with van der Waals surface area (Å²) in [4.78, 5) is 13.1. The summed E-state index contributed by atoms with van der Waals surface area (Å²) < 4.78 is 16.3. The van der Waals surface area contributed by atoms with Crippen LogP contribution in [0.2, 0.25) is 0 Å². The van der Waals surface area contributed by atoms with Gasteiger partial charge in [0.25, 0.3) is 0 Å². The average Bonchev–Trinajstić information content (AvgIpc) is 2.65. The summed E-state index contributed by atoms with van der Waals surface area (Å²) in [6.45, 7) is 3.81. The smallest absolute Gasteiger partial charge is 0.221 e. The van der Waals surface area contributed by atoms with Crippen LogP contribution in [0.4, 0.5) is 0 Å². The van der Waals surface area contributed by atoms with Gasteiger partial charge < -0.3 is 14.2 Å². The first-order valence-corrected chi connectivity index (χ1v) is 9.43. The van der Waals surface area contributed by atoms with E-state index in [0.29, 0.717) is 15.7 Å². The van der Waals surface area contributed by atoms with E-state index in [1.165, 1.54) is 11.8 Å². The van der Waals surface area contributed by atoms with Crippen molar-refractivity contribution in [1.82, 2.24) is 0 Å². The number of rotatable bonds is 7. The molecule has 0 aliphatic rings. The third kappa shape index (κ3) is 5.47. The van der Waals surface area contributed by atoms with E-state index in [4.69, 9.17) is 26.4 Å². The lowest BCUT2D eigenvalue weighted by molar-refractivity contribution is 0.0989. The van der Waals surface area contributed by atoms with Crippen LogP contribution in [0.3, 0.4) is 0 Å². The Kier molecular flexibility index (Phi) is 7.48. The van der Waals surface area contributed by atoms with E-state index in [9.17, 15) is 4.79 Å². The predicted molar refractivity (Wildman–Crippen MR) is 109 cm³/mol. The van der Waals surface area contributed by atoms with E-state index < -0.39 is 5.25 Å². The summed E-state index contributed by atoms with van der Waals surface area (Å²) in [5, 5.41) is -0.499. The summed E-state index contributed by atoms with van der Waals surface area (Å²) in [5.41, 5.74) is 1.43. The third-order valence-corrected chi connectivity index (χ3v) is 4.97. The number of carbonyl (C=O) groups is 1. The van der Waals surface area contributed by atoms with Crippen molar-refractivity contribution < 1.29 is 19.0 Å². The molecule has 0 amide bonds. The van der Waals surface area contributed by atoms with Crippen molar-refractivity contribution in [2.24, 2.45) is 0 Å². The molecular weight excluding hydrogens is 368 g/mol. The fraction of sp³-hybridized carbons (Fsp3) is 0.300. The number of benzene rings is 2. The van der Waals surface area contributed by atoms with Crippen molar-refractivity contribution in [3.05, 3.63) is 59.7 Å². The fourth-order valence-corrected chi connectivity index (χ4v) is 3.73. The monoisotopic (exact) mass is 390 g/mol. The molecule has 26 heavy (non-hydrogen) atoms. The molecule has 0 spiro atoms. The van der Waals surface area contributed by atoms with Gasteiger partial charge in [-0.3, -0.25) is 4.79 Å². The highest BCUT2D eigenvalue weighted by Crippen LogP contribution is 2.35. The molecule has 0 aliphatic carbocycles. The van der Waals surface area contributed by atoms with Gasteiger partial charge in [-0.15, -0.1) is 0 Å². The number of hydrogen-bond donors (Lipinski definition) is 0. The standard InChI is InChI=1S/C20H22O4S2/c1-13(2)24-20(25)26-19(15-7-11-17(23-4)12-8-15)18(21)14-5-9-16(22-3)10-6-14/h5-13,19H,1-4H3/t19-/m1/s1. The van der Waals surface area contributed by atoms with E-state index in [2.05, 4.69) is 0 Å². The average molecular weight is 391 g/mol. The number of ether oxygens (including phenoxy) is 3. The molecule has 0 unspecified atom stereocenters. The maximum atomic E-state index is 13.1. The SMILES string of the molecule is COc1ccc(C(=O)[C@H](SC(=S)OC(C)C)c2ccc(OC)cc2)cc1. The number of hydrogen-bond acceptors (Lipinski definition) is 6. The van der Waals surface area contributed by atoms with Crippen LogP contribution in [0.15, 0.2) is 48.5 Å². The van der Waals surface area contributed by atoms with Crippen LogP contribution in [0.25, 0.3) is 0 Å². The Balaban J connectivity index is 2.30. The molecule has 2 aromatic rings. The highest BCUT2D eigenvalue weighted by Gasteiger charge is 2.25. The van der Waals surface area contributed by atoms with E-state index in [1.54, 1.807) is 38.5 Å². The summed E-state index contributed by atoms with van der Waals surface area (Å²) in [6.07, 6.45) is -0.0393. The van der Waals surface area contributed by atoms with E-state index in [0.717, 1.165) is 11.3 Å². The van der Waals surface area contributed by atoms with Crippen molar-refractivity contribution in [2.45, 2.75) is 25.2 Å². The highest BCUT2D eigenvalue weighted by molar-refractivity contribution is 8.23. The molecule has 0 N–H and O–H groups in total. The van der Waals surface area contributed by atoms with Crippen LogP contribution < -0.4 is 9.47 Å². The Morgan fingerprint density at radius 1 is 0.923 bits per heavy atom. The van der Waals surface area contributed by atoms with E-state index >= 15 is 0 Å². The Bertz CT molecular complexity index is 739. The fourth-order valence-electron chi connectivity index (χ4n) is 2.27. The molecule has 2 aromatic carbocycles. The molecule has 0 aromatic heterocycles. The normalized spacial score (nSPS) is 11.7. The Morgan fingerprint density at radius 2 is 1.42 bits per heavy atom. The molecule has 0 radical (unpaired) electrons. The summed E-state index contributed by atoms with van der Waals surface area (Å²) in [5.74, 6) is 1.39. The van der Waals surface area contributed by atoms with Crippen LogP contribution in [0, 0.1) is 0 Å². The highest BCUT2D eigenvalue weighted by atomic mass is 32.2. The van der Waals surface area contributed by atoms with Crippen molar-refractivity contribution in [1.29, 1.82) is 0 Å². The number of methoxy groups -OCH3 is 2. The second-order valence-electron chi connectivity index (χ2n) is 5.78. The van der Waals surface area contributed by atoms with E-state index in [1.807, 2.05) is 38.1 Å². The molecule has 0 saturated heterocycles. The van der Waals surface area contributed by atoms with E-state index in [-0.39, 0.29) is 11.9 Å². The first kappa shape index (κ1) is 20.3. The Morgan fingerprint density at radius 3 is 1.88 bits per heavy atom. The van der Waals surface area contributed by atoms with Gasteiger partial charge in [0, 0.05) is 5.56 Å². The van der Waals surface area contributed by atoms with Crippen LogP contribution in [-0.2, 0) is 4.74 Å². The van der Waals surface area contributed by atoms with Crippen molar-refractivity contribution in [2.75, 3.05) is 14.2 Å². The zero-order chi connectivity index (χ0) is 19.1. The molecule has 0 heterocycles. The lowest BCUT2D eigenvalue weighted by atomic mass is 10.0. The van der Waals surface area contributed by atoms with Gasteiger partial charge in [0.15, 0.2) is 5.78 Å². The van der Waals surface area contributed by atoms with Gasteiger partial charge in [-0.25, -0.2) is 0 Å². The zero-order valence-electron chi connectivity index (χ0n) is 15.2. The molecule has 0 aliphatic heterocycles. The number of carbonyl (C=O) groups excluding carboxylic acids is 1. The molecule has 4 nitrogen and oxygen atoms in total. The summed E-state index contributed by atoms with van der Waals surface area (Å²) >= 11 is 6.55. The van der Waals surface area contributed by atoms with Gasteiger partial charge in [-0.05, 0) is 68.0 Å². The minimum Gasteiger partial charge on any atom is -0.497 e. The second kappa shape index (κ2) is 9.59. The molecule has 0 saturated carbocycles. The molecule has 0 fully saturated rings. The number of thiocarbonyl (C=S) groups is 1. The van der Waals surface area contributed by atoms with Gasteiger partial charge in [-0.1, -0.05) is 23.9 Å². The van der Waals surface area contributed by atoms with Gasteiger partial charge in [0.1, 0.15) is 16.7 Å². The van der Waals surface area contributed by atoms with Crippen LogP contribution in [0.5, 0.6) is 11.5 Å². The summed E-state index contributed by atoms with van der Waals surface area (Å²) in [7, 11) is 3.20. The van der Waals surface area contributed by atoms with Crippen molar-refractivity contribution >= 4 is 34.1 Å². The minimum atomic E-state index is -0.499. The lowest BCUT2D eigenvalue weighted by Crippen LogP contribution is -2.14. The molecule has 1 atom stereocenters. The van der Waals surface area contributed by atoms with Crippen molar-refractivity contribution in [3.8, 4) is 11.5 Å². The molecule has 2 rings (SSSR count). The molecule has 0 bridgehead atoms. The number of ketones is 1. The first-order valence-electron chi connectivity index (χ1n) is 8.14. The number of thioether (sulfide) groups is 1. The van der Waals surface area contributed by atoms with Crippen LogP contribution in [0.1, 0.15) is 35.0 Å².